The van der Waals surface area contributed by atoms with E-state index in [9.17, 15) is 14.9 Å². The van der Waals surface area contributed by atoms with Crippen LogP contribution in [0.25, 0.3) is 6.08 Å². The molecule has 1 N–H and O–H groups in total. The van der Waals surface area contributed by atoms with Gasteiger partial charge in [0.1, 0.15) is 11.6 Å². The van der Waals surface area contributed by atoms with Crippen molar-refractivity contribution in [2.24, 2.45) is 0 Å². The second kappa shape index (κ2) is 11.2. The minimum Gasteiger partial charge on any atom is -0.490 e. The zero-order valence-corrected chi connectivity index (χ0v) is 19.3. The molecule has 0 bridgehead atoms. The Morgan fingerprint density at radius 3 is 2.48 bits per heavy atom. The molecular formula is C26H29N3O4. The first-order valence-electron chi connectivity index (χ1n) is 11.1. The lowest BCUT2D eigenvalue weighted by Gasteiger charge is -2.15. The van der Waals surface area contributed by atoms with Crippen molar-refractivity contribution in [3.8, 4) is 17.6 Å². The Balaban J connectivity index is 1.69. The van der Waals surface area contributed by atoms with Gasteiger partial charge in [-0.25, -0.2) is 0 Å². The van der Waals surface area contributed by atoms with Crippen LogP contribution in [0.3, 0.4) is 0 Å². The largest absolute Gasteiger partial charge is 0.490 e. The van der Waals surface area contributed by atoms with Crippen molar-refractivity contribution in [1.82, 2.24) is 4.90 Å². The maximum atomic E-state index is 12.6. The molecule has 1 heterocycles. The molecule has 1 fully saturated rings. The summed E-state index contributed by atoms with van der Waals surface area (Å²) in [4.78, 5) is 26.6. The Labute approximate surface area is 194 Å². The standard InChI is InChI=1S/C26H29N3O4/c1-4-32-24-15-20(14-21(16-27)26(31)29-11-5-6-12-29)8-10-23(24)33-17-25(30)28-22-9-7-18(2)19(3)13-22/h7-10,13-15H,4-6,11-12,17H2,1-3H3,(H,28,30)/b21-14+. The number of carbonyl (C=O) groups is 2. The van der Waals surface area contributed by atoms with E-state index in [4.69, 9.17) is 9.47 Å². The number of likely N-dealkylation sites (tertiary alicyclic amines) is 1. The topological polar surface area (TPSA) is 91.7 Å². The van der Waals surface area contributed by atoms with Crippen LogP contribution in [0.5, 0.6) is 11.5 Å². The Bertz CT molecular complexity index is 1100. The first-order valence-corrected chi connectivity index (χ1v) is 11.1. The van der Waals surface area contributed by atoms with E-state index in [0.717, 1.165) is 24.0 Å². The first kappa shape index (κ1) is 23.9. The quantitative estimate of drug-likeness (QED) is 0.483. The summed E-state index contributed by atoms with van der Waals surface area (Å²) in [6.45, 7) is 7.42. The van der Waals surface area contributed by atoms with E-state index in [2.05, 4.69) is 5.32 Å². The van der Waals surface area contributed by atoms with Gasteiger partial charge in [0.15, 0.2) is 18.1 Å². The molecule has 3 rings (SSSR count). The zero-order valence-electron chi connectivity index (χ0n) is 19.3. The molecule has 0 aliphatic carbocycles. The van der Waals surface area contributed by atoms with Gasteiger partial charge in [-0.3, -0.25) is 9.59 Å². The van der Waals surface area contributed by atoms with Gasteiger partial charge < -0.3 is 19.7 Å². The van der Waals surface area contributed by atoms with Gasteiger partial charge in [-0.05, 0) is 80.6 Å². The average molecular weight is 448 g/mol. The third-order valence-corrected chi connectivity index (χ3v) is 5.47. The highest BCUT2D eigenvalue weighted by atomic mass is 16.5. The highest BCUT2D eigenvalue weighted by molar-refractivity contribution is 6.01. The van der Waals surface area contributed by atoms with Crippen molar-refractivity contribution in [2.45, 2.75) is 33.6 Å². The fourth-order valence-corrected chi connectivity index (χ4v) is 3.56. The summed E-state index contributed by atoms with van der Waals surface area (Å²) in [6, 6.07) is 12.8. The molecule has 33 heavy (non-hydrogen) atoms. The number of aryl methyl sites for hydroxylation is 2. The van der Waals surface area contributed by atoms with Gasteiger partial charge in [-0.15, -0.1) is 0 Å². The lowest BCUT2D eigenvalue weighted by molar-refractivity contribution is -0.125. The summed E-state index contributed by atoms with van der Waals surface area (Å²) in [5.41, 5.74) is 3.69. The minimum atomic E-state index is -0.285. The Kier molecular flexibility index (Phi) is 8.09. The lowest BCUT2D eigenvalue weighted by Crippen LogP contribution is -2.28. The van der Waals surface area contributed by atoms with E-state index in [1.807, 2.05) is 45.0 Å². The van der Waals surface area contributed by atoms with Crippen molar-refractivity contribution in [2.75, 3.05) is 31.6 Å². The van der Waals surface area contributed by atoms with Crippen molar-refractivity contribution in [3.05, 3.63) is 58.7 Å². The monoisotopic (exact) mass is 447 g/mol. The van der Waals surface area contributed by atoms with E-state index in [-0.39, 0.29) is 24.0 Å². The van der Waals surface area contributed by atoms with Crippen LogP contribution in [0.1, 0.15) is 36.5 Å². The number of hydrogen-bond donors (Lipinski definition) is 1. The van der Waals surface area contributed by atoms with Gasteiger partial charge in [0, 0.05) is 18.8 Å². The van der Waals surface area contributed by atoms with Crippen molar-refractivity contribution in [1.29, 1.82) is 5.26 Å². The number of nitrogens with one attached hydrogen (secondary N) is 1. The second-order valence-electron chi connectivity index (χ2n) is 7.94. The SMILES string of the molecule is CCOc1cc(/C=C(\C#N)C(=O)N2CCCC2)ccc1OCC(=O)Nc1ccc(C)c(C)c1. The van der Waals surface area contributed by atoms with Crippen molar-refractivity contribution < 1.29 is 19.1 Å². The number of amides is 2. The molecule has 7 nitrogen and oxygen atoms in total. The highest BCUT2D eigenvalue weighted by Crippen LogP contribution is 2.30. The first-order chi connectivity index (χ1) is 15.9. The van der Waals surface area contributed by atoms with E-state index in [0.29, 0.717) is 42.4 Å². The Morgan fingerprint density at radius 2 is 1.82 bits per heavy atom. The molecule has 172 valence electrons. The van der Waals surface area contributed by atoms with Crippen LogP contribution in [0.2, 0.25) is 0 Å². The van der Waals surface area contributed by atoms with Gasteiger partial charge in [0.25, 0.3) is 11.8 Å². The van der Waals surface area contributed by atoms with Crippen LogP contribution in [0, 0.1) is 25.2 Å². The number of nitrogens with zero attached hydrogens (tertiary/aromatic N) is 2. The third-order valence-electron chi connectivity index (χ3n) is 5.47. The lowest BCUT2D eigenvalue weighted by atomic mass is 10.1. The van der Waals surface area contributed by atoms with E-state index < -0.39 is 0 Å². The number of rotatable bonds is 8. The molecule has 0 spiro atoms. The summed E-state index contributed by atoms with van der Waals surface area (Å²) in [6.07, 6.45) is 3.48. The van der Waals surface area contributed by atoms with Crippen LogP contribution in [-0.4, -0.2) is 43.0 Å². The number of hydrogen-bond acceptors (Lipinski definition) is 5. The molecule has 2 aromatic rings. The van der Waals surface area contributed by atoms with Crippen molar-refractivity contribution >= 4 is 23.6 Å². The van der Waals surface area contributed by atoms with Crippen molar-refractivity contribution in [3.63, 3.8) is 0 Å². The number of ether oxygens (including phenoxy) is 2. The summed E-state index contributed by atoms with van der Waals surface area (Å²) in [5.74, 6) is 0.314. The Hall–Kier alpha value is -3.79. The third kappa shape index (κ3) is 6.36. The highest BCUT2D eigenvalue weighted by Gasteiger charge is 2.21. The summed E-state index contributed by atoms with van der Waals surface area (Å²) >= 11 is 0. The number of nitriles is 1. The van der Waals surface area contributed by atoms with Crippen LogP contribution in [-0.2, 0) is 9.59 Å². The van der Waals surface area contributed by atoms with Crippen LogP contribution >= 0.6 is 0 Å². The molecule has 0 saturated carbocycles. The molecule has 0 atom stereocenters. The minimum absolute atomic E-state index is 0.0841. The maximum absolute atomic E-state index is 12.6. The molecule has 2 amide bonds. The fourth-order valence-electron chi connectivity index (χ4n) is 3.56. The summed E-state index contributed by atoms with van der Waals surface area (Å²) in [5, 5.41) is 12.3. The molecule has 2 aromatic carbocycles. The van der Waals surface area contributed by atoms with E-state index in [1.54, 1.807) is 29.2 Å². The van der Waals surface area contributed by atoms with Gasteiger partial charge in [0.05, 0.1) is 6.61 Å². The molecular weight excluding hydrogens is 418 g/mol. The molecule has 1 aliphatic heterocycles. The molecule has 0 radical (unpaired) electrons. The van der Waals surface area contributed by atoms with Crippen LogP contribution in [0.4, 0.5) is 5.69 Å². The van der Waals surface area contributed by atoms with Crippen LogP contribution < -0.4 is 14.8 Å². The fraction of sp³-hybridized carbons (Fsp3) is 0.346. The predicted molar refractivity (Wildman–Crippen MR) is 127 cm³/mol. The Morgan fingerprint density at radius 1 is 1.06 bits per heavy atom. The van der Waals surface area contributed by atoms with Gasteiger partial charge in [-0.2, -0.15) is 5.26 Å². The van der Waals surface area contributed by atoms with Gasteiger partial charge in [-0.1, -0.05) is 12.1 Å². The average Bonchev–Trinajstić information content (AvgIpc) is 3.34. The van der Waals surface area contributed by atoms with Crippen LogP contribution in [0.15, 0.2) is 42.0 Å². The predicted octanol–water partition coefficient (Wildman–Crippen LogP) is 4.25. The van der Waals surface area contributed by atoms with E-state index in [1.165, 1.54) is 0 Å². The zero-order chi connectivity index (χ0) is 23.8. The van der Waals surface area contributed by atoms with Gasteiger partial charge >= 0.3 is 0 Å². The summed E-state index contributed by atoms with van der Waals surface area (Å²) in [7, 11) is 0. The number of anilines is 1. The molecule has 7 heteroatoms. The second-order valence-corrected chi connectivity index (χ2v) is 7.94. The van der Waals surface area contributed by atoms with Gasteiger partial charge in [0.2, 0.25) is 0 Å². The molecule has 1 saturated heterocycles. The molecule has 1 aliphatic rings. The summed E-state index contributed by atoms with van der Waals surface area (Å²) < 4.78 is 11.4. The molecule has 0 unspecified atom stereocenters. The maximum Gasteiger partial charge on any atom is 0.264 e. The number of benzene rings is 2. The molecule has 0 aromatic heterocycles. The van der Waals surface area contributed by atoms with E-state index >= 15 is 0 Å². The number of carbonyl (C=O) groups excluding carboxylic acids is 2. The smallest absolute Gasteiger partial charge is 0.264 e. The normalized spacial score (nSPS) is 13.4.